The molecule has 1 aromatic heterocycles. The standard InChI is InChI=1S/C16H27N3O3/c1-10(14-11(2)19-22-12(14)3)8-17-15(21)18-13-6-5-7-16(13,4)9-20/h10,13,20H,5-9H2,1-4H3,(H2,17,18,21). The molecule has 3 unspecified atom stereocenters. The molecule has 1 heterocycles. The number of nitrogens with one attached hydrogen (secondary N) is 2. The number of rotatable bonds is 5. The third kappa shape index (κ3) is 3.43. The predicted molar refractivity (Wildman–Crippen MR) is 83.8 cm³/mol. The summed E-state index contributed by atoms with van der Waals surface area (Å²) in [7, 11) is 0. The van der Waals surface area contributed by atoms with Crippen molar-refractivity contribution < 1.29 is 14.4 Å². The largest absolute Gasteiger partial charge is 0.396 e. The number of aryl methyl sites for hydroxylation is 2. The van der Waals surface area contributed by atoms with Crippen molar-refractivity contribution in [2.75, 3.05) is 13.2 Å². The molecule has 124 valence electrons. The molecule has 6 nitrogen and oxygen atoms in total. The van der Waals surface area contributed by atoms with Crippen molar-refractivity contribution in [1.29, 1.82) is 0 Å². The zero-order valence-electron chi connectivity index (χ0n) is 13.9. The van der Waals surface area contributed by atoms with Crippen molar-refractivity contribution >= 4 is 6.03 Å². The van der Waals surface area contributed by atoms with E-state index in [4.69, 9.17) is 4.52 Å². The van der Waals surface area contributed by atoms with E-state index >= 15 is 0 Å². The van der Waals surface area contributed by atoms with Gasteiger partial charge in [0.1, 0.15) is 5.76 Å². The monoisotopic (exact) mass is 309 g/mol. The number of carbonyl (C=O) groups is 1. The number of amides is 2. The maximum Gasteiger partial charge on any atom is 0.315 e. The van der Waals surface area contributed by atoms with Gasteiger partial charge in [-0.25, -0.2) is 4.79 Å². The minimum atomic E-state index is -0.204. The first-order valence-electron chi connectivity index (χ1n) is 7.95. The van der Waals surface area contributed by atoms with Crippen LogP contribution in [0, 0.1) is 19.3 Å². The number of aromatic nitrogens is 1. The van der Waals surface area contributed by atoms with Crippen molar-refractivity contribution in [3.05, 3.63) is 17.0 Å². The van der Waals surface area contributed by atoms with Gasteiger partial charge in [-0.3, -0.25) is 0 Å². The molecule has 0 saturated heterocycles. The zero-order valence-corrected chi connectivity index (χ0v) is 13.9. The molecule has 0 aliphatic heterocycles. The molecule has 1 aromatic rings. The molecule has 2 rings (SSSR count). The van der Waals surface area contributed by atoms with Gasteiger partial charge in [0.25, 0.3) is 0 Å². The Balaban J connectivity index is 1.86. The molecule has 6 heteroatoms. The van der Waals surface area contributed by atoms with Crippen LogP contribution in [0.1, 0.15) is 56.0 Å². The predicted octanol–water partition coefficient (Wildman–Crippen LogP) is 2.25. The Kier molecular flexibility index (Phi) is 5.11. The van der Waals surface area contributed by atoms with Crippen molar-refractivity contribution in [2.45, 2.75) is 58.9 Å². The van der Waals surface area contributed by atoms with Gasteiger partial charge in [0, 0.05) is 29.5 Å². The molecule has 0 bridgehead atoms. The fraction of sp³-hybridized carbons (Fsp3) is 0.750. The molecule has 1 aliphatic carbocycles. The molecule has 3 N–H and O–H groups in total. The fourth-order valence-corrected chi connectivity index (χ4v) is 3.42. The molecule has 1 aliphatic rings. The van der Waals surface area contributed by atoms with Crippen molar-refractivity contribution in [2.24, 2.45) is 5.41 Å². The summed E-state index contributed by atoms with van der Waals surface area (Å²) in [5.74, 6) is 0.945. The van der Waals surface area contributed by atoms with Crippen molar-refractivity contribution in [3.8, 4) is 0 Å². The van der Waals surface area contributed by atoms with Crippen LogP contribution < -0.4 is 10.6 Å². The van der Waals surface area contributed by atoms with Gasteiger partial charge in [-0.2, -0.15) is 0 Å². The number of aliphatic hydroxyl groups is 1. The Morgan fingerprint density at radius 2 is 2.27 bits per heavy atom. The molecule has 0 spiro atoms. The van der Waals surface area contributed by atoms with E-state index in [1.54, 1.807) is 0 Å². The second-order valence-corrected chi connectivity index (χ2v) is 6.75. The Labute approximate surface area is 131 Å². The molecule has 22 heavy (non-hydrogen) atoms. The summed E-state index contributed by atoms with van der Waals surface area (Å²) in [5, 5.41) is 19.4. The highest BCUT2D eigenvalue weighted by atomic mass is 16.5. The number of nitrogens with zero attached hydrogens (tertiary/aromatic N) is 1. The quantitative estimate of drug-likeness (QED) is 0.778. The summed E-state index contributed by atoms with van der Waals surface area (Å²) in [5.41, 5.74) is 1.72. The van der Waals surface area contributed by atoms with E-state index < -0.39 is 0 Å². The molecule has 0 radical (unpaired) electrons. The minimum absolute atomic E-state index is 0.0341. The van der Waals surface area contributed by atoms with E-state index in [0.717, 1.165) is 36.3 Å². The topological polar surface area (TPSA) is 87.4 Å². The number of hydrogen-bond acceptors (Lipinski definition) is 4. The van der Waals surface area contributed by atoms with Crippen LogP contribution in [0.15, 0.2) is 4.52 Å². The second kappa shape index (κ2) is 6.69. The highest BCUT2D eigenvalue weighted by molar-refractivity contribution is 5.74. The summed E-state index contributed by atoms with van der Waals surface area (Å²) in [6.07, 6.45) is 2.91. The summed E-state index contributed by atoms with van der Waals surface area (Å²) < 4.78 is 5.17. The lowest BCUT2D eigenvalue weighted by Gasteiger charge is -2.30. The van der Waals surface area contributed by atoms with Gasteiger partial charge in [0.05, 0.1) is 12.3 Å². The first kappa shape index (κ1) is 16.8. The summed E-state index contributed by atoms with van der Waals surface area (Å²) in [4.78, 5) is 12.1. The summed E-state index contributed by atoms with van der Waals surface area (Å²) in [6, 6.07) is -0.142. The molecule has 2 amide bonds. The van der Waals surface area contributed by atoms with Crippen molar-refractivity contribution in [3.63, 3.8) is 0 Å². The van der Waals surface area contributed by atoms with Crippen LogP contribution in [0.25, 0.3) is 0 Å². The number of carbonyl (C=O) groups excluding carboxylic acids is 1. The Morgan fingerprint density at radius 1 is 1.55 bits per heavy atom. The van der Waals surface area contributed by atoms with Gasteiger partial charge in [0.2, 0.25) is 0 Å². The van der Waals surface area contributed by atoms with Gasteiger partial charge in [-0.05, 0) is 26.7 Å². The van der Waals surface area contributed by atoms with Crippen LogP contribution in [0.2, 0.25) is 0 Å². The zero-order chi connectivity index (χ0) is 16.3. The maximum atomic E-state index is 12.1. The first-order valence-corrected chi connectivity index (χ1v) is 7.95. The summed E-state index contributed by atoms with van der Waals surface area (Å²) in [6.45, 7) is 8.49. The van der Waals surface area contributed by atoms with E-state index in [1.807, 2.05) is 27.7 Å². The molecule has 1 saturated carbocycles. The van der Waals surface area contributed by atoms with Crippen LogP contribution >= 0.6 is 0 Å². The highest BCUT2D eigenvalue weighted by Gasteiger charge is 2.39. The smallest absolute Gasteiger partial charge is 0.315 e. The van der Waals surface area contributed by atoms with Crippen LogP contribution in [-0.2, 0) is 0 Å². The lowest BCUT2D eigenvalue weighted by Crippen LogP contribution is -2.49. The fourth-order valence-electron chi connectivity index (χ4n) is 3.42. The average Bonchev–Trinajstić information content (AvgIpc) is 3.01. The molecular weight excluding hydrogens is 282 g/mol. The van der Waals surface area contributed by atoms with E-state index in [1.165, 1.54) is 0 Å². The van der Waals surface area contributed by atoms with E-state index in [9.17, 15) is 9.90 Å². The lowest BCUT2D eigenvalue weighted by molar-refractivity contribution is 0.121. The number of aliphatic hydroxyl groups excluding tert-OH is 1. The van der Waals surface area contributed by atoms with Gasteiger partial charge in [-0.15, -0.1) is 0 Å². The van der Waals surface area contributed by atoms with E-state index in [2.05, 4.69) is 15.8 Å². The molecule has 1 fully saturated rings. The van der Waals surface area contributed by atoms with E-state index in [-0.39, 0.29) is 30.0 Å². The SMILES string of the molecule is Cc1noc(C)c1C(C)CNC(=O)NC1CCCC1(C)CO. The Bertz CT molecular complexity index is 509. The molecular formula is C16H27N3O3. The van der Waals surface area contributed by atoms with E-state index in [0.29, 0.717) is 6.54 Å². The van der Waals surface area contributed by atoms with Gasteiger partial charge < -0.3 is 20.3 Å². The molecule has 3 atom stereocenters. The lowest BCUT2D eigenvalue weighted by atomic mass is 9.86. The number of hydrogen-bond donors (Lipinski definition) is 3. The maximum absolute atomic E-state index is 12.1. The normalized spacial score (nSPS) is 26.0. The van der Waals surface area contributed by atoms with Crippen LogP contribution in [0.4, 0.5) is 4.79 Å². The van der Waals surface area contributed by atoms with Gasteiger partial charge in [-0.1, -0.05) is 25.4 Å². The summed E-state index contributed by atoms with van der Waals surface area (Å²) >= 11 is 0. The third-order valence-electron chi connectivity index (χ3n) is 4.90. The average molecular weight is 309 g/mol. The highest BCUT2D eigenvalue weighted by Crippen LogP contribution is 2.37. The number of urea groups is 1. The van der Waals surface area contributed by atoms with Gasteiger partial charge >= 0.3 is 6.03 Å². The van der Waals surface area contributed by atoms with Crippen LogP contribution in [-0.4, -0.2) is 35.5 Å². The molecule has 0 aromatic carbocycles. The van der Waals surface area contributed by atoms with Crippen molar-refractivity contribution in [1.82, 2.24) is 15.8 Å². The van der Waals surface area contributed by atoms with Gasteiger partial charge in [0.15, 0.2) is 0 Å². The third-order valence-corrected chi connectivity index (χ3v) is 4.90. The first-order chi connectivity index (χ1) is 10.4. The Hall–Kier alpha value is -1.56. The minimum Gasteiger partial charge on any atom is -0.396 e. The Morgan fingerprint density at radius 3 is 2.86 bits per heavy atom. The van der Waals surface area contributed by atoms with Crippen LogP contribution in [0.3, 0.4) is 0 Å². The second-order valence-electron chi connectivity index (χ2n) is 6.75. The van der Waals surface area contributed by atoms with Crippen LogP contribution in [0.5, 0.6) is 0 Å².